The highest BCUT2D eigenvalue weighted by molar-refractivity contribution is 6.30. The van der Waals surface area contributed by atoms with Crippen LogP contribution in [-0.2, 0) is 0 Å². The Morgan fingerprint density at radius 3 is 2.55 bits per heavy atom. The van der Waals surface area contributed by atoms with Gasteiger partial charge in [-0.3, -0.25) is 10.1 Å². The summed E-state index contributed by atoms with van der Waals surface area (Å²) in [7, 11) is 0. The van der Waals surface area contributed by atoms with Gasteiger partial charge in [0, 0.05) is 11.1 Å². The lowest BCUT2D eigenvalue weighted by molar-refractivity contribution is -0.385. The largest absolute Gasteiger partial charge is 0.478 e. The van der Waals surface area contributed by atoms with Crippen LogP contribution in [-0.4, -0.2) is 16.0 Å². The number of nitro groups is 1. The number of nitro benzene ring substituents is 1. The van der Waals surface area contributed by atoms with Gasteiger partial charge in [0.2, 0.25) is 5.75 Å². The second-order valence-electron chi connectivity index (χ2n) is 3.78. The molecule has 0 saturated carbocycles. The Morgan fingerprint density at radius 2 is 1.95 bits per heavy atom. The van der Waals surface area contributed by atoms with Crippen LogP contribution in [0.3, 0.4) is 0 Å². The summed E-state index contributed by atoms with van der Waals surface area (Å²) in [6.45, 7) is 0. The third kappa shape index (κ3) is 2.86. The van der Waals surface area contributed by atoms with Crippen molar-refractivity contribution in [3.05, 3.63) is 63.2 Å². The Kier molecular flexibility index (Phi) is 3.86. The van der Waals surface area contributed by atoms with Crippen molar-refractivity contribution in [2.75, 3.05) is 0 Å². The first kappa shape index (κ1) is 13.8. The topological polar surface area (TPSA) is 89.7 Å². The maximum Gasteiger partial charge on any atom is 0.339 e. The number of para-hydroxylation sites is 1. The summed E-state index contributed by atoms with van der Waals surface area (Å²) in [5.74, 6) is -1.42. The smallest absolute Gasteiger partial charge is 0.339 e. The molecule has 0 atom stereocenters. The molecule has 2 aromatic rings. The van der Waals surface area contributed by atoms with Gasteiger partial charge in [0.1, 0.15) is 11.3 Å². The quantitative estimate of drug-likeness (QED) is 0.685. The summed E-state index contributed by atoms with van der Waals surface area (Å²) in [4.78, 5) is 21.4. The maximum atomic E-state index is 11.1. The first-order valence-electron chi connectivity index (χ1n) is 5.43. The van der Waals surface area contributed by atoms with Gasteiger partial charge in [-0.25, -0.2) is 4.79 Å². The average molecular weight is 294 g/mol. The van der Waals surface area contributed by atoms with Crippen molar-refractivity contribution in [1.29, 1.82) is 0 Å². The van der Waals surface area contributed by atoms with E-state index in [2.05, 4.69) is 0 Å². The number of benzene rings is 2. The molecular weight excluding hydrogens is 286 g/mol. The van der Waals surface area contributed by atoms with Crippen LogP contribution in [0.5, 0.6) is 11.5 Å². The molecule has 0 aliphatic carbocycles. The van der Waals surface area contributed by atoms with Gasteiger partial charge >= 0.3 is 11.7 Å². The van der Waals surface area contributed by atoms with Crippen LogP contribution in [0.25, 0.3) is 0 Å². The number of carbonyl (C=O) groups is 1. The van der Waals surface area contributed by atoms with Crippen molar-refractivity contribution in [1.82, 2.24) is 0 Å². The minimum Gasteiger partial charge on any atom is -0.478 e. The molecule has 2 rings (SSSR count). The molecule has 0 spiro atoms. The number of carboxylic acid groups (broad SMARTS) is 1. The minimum absolute atomic E-state index is 0.217. The summed E-state index contributed by atoms with van der Waals surface area (Å²) >= 11 is 5.79. The van der Waals surface area contributed by atoms with E-state index in [-0.39, 0.29) is 17.1 Å². The zero-order chi connectivity index (χ0) is 14.7. The second-order valence-corrected chi connectivity index (χ2v) is 4.21. The number of halogens is 1. The van der Waals surface area contributed by atoms with Gasteiger partial charge in [-0.2, -0.15) is 0 Å². The van der Waals surface area contributed by atoms with Gasteiger partial charge in [-0.05, 0) is 24.3 Å². The summed E-state index contributed by atoms with van der Waals surface area (Å²) in [5.41, 5.74) is -0.718. The Labute approximate surface area is 118 Å². The molecule has 0 amide bonds. The van der Waals surface area contributed by atoms with Crippen LogP contribution in [0.2, 0.25) is 5.02 Å². The molecule has 0 bridgehead atoms. The molecular formula is C13H8ClNO5. The number of aromatic carboxylic acids is 1. The third-order valence-corrected chi connectivity index (χ3v) is 2.67. The molecule has 0 aliphatic heterocycles. The lowest BCUT2D eigenvalue weighted by Gasteiger charge is -2.09. The van der Waals surface area contributed by atoms with Crippen molar-refractivity contribution < 1.29 is 19.6 Å². The third-order valence-electron chi connectivity index (χ3n) is 2.44. The molecule has 0 heterocycles. The summed E-state index contributed by atoms with van der Waals surface area (Å²) in [6, 6.07) is 9.84. The lowest BCUT2D eigenvalue weighted by Crippen LogP contribution is -2.03. The molecule has 7 heteroatoms. The van der Waals surface area contributed by atoms with E-state index >= 15 is 0 Å². The van der Waals surface area contributed by atoms with Crippen molar-refractivity contribution in [3.8, 4) is 11.5 Å². The van der Waals surface area contributed by atoms with E-state index in [1.54, 1.807) is 12.1 Å². The number of hydrogen-bond acceptors (Lipinski definition) is 4. The number of carboxylic acids is 1. The maximum absolute atomic E-state index is 11.1. The fourth-order valence-electron chi connectivity index (χ4n) is 1.59. The van der Waals surface area contributed by atoms with Crippen LogP contribution in [0.1, 0.15) is 10.4 Å². The minimum atomic E-state index is -1.31. The molecule has 102 valence electrons. The predicted octanol–water partition coefficient (Wildman–Crippen LogP) is 3.74. The highest BCUT2D eigenvalue weighted by Crippen LogP contribution is 2.35. The van der Waals surface area contributed by atoms with Crippen LogP contribution in [0.4, 0.5) is 5.69 Å². The van der Waals surface area contributed by atoms with Crippen LogP contribution in [0, 0.1) is 10.1 Å². The predicted molar refractivity (Wildman–Crippen MR) is 71.6 cm³/mol. The molecule has 0 aliphatic rings. The molecule has 0 saturated heterocycles. The number of ether oxygens (including phenoxy) is 1. The first-order chi connectivity index (χ1) is 9.49. The monoisotopic (exact) mass is 293 g/mol. The molecule has 1 N–H and O–H groups in total. The fraction of sp³-hybridized carbons (Fsp3) is 0. The van der Waals surface area contributed by atoms with E-state index in [1.165, 1.54) is 30.3 Å². The molecule has 0 aromatic heterocycles. The van der Waals surface area contributed by atoms with Gasteiger partial charge in [0.15, 0.2) is 0 Å². The lowest BCUT2D eigenvalue weighted by atomic mass is 10.1. The Morgan fingerprint density at radius 1 is 1.25 bits per heavy atom. The Bertz CT molecular complexity index is 654. The highest BCUT2D eigenvalue weighted by Gasteiger charge is 2.23. The SMILES string of the molecule is O=C(O)c1cccc([N+](=O)[O-])c1Oc1cccc(Cl)c1. The zero-order valence-corrected chi connectivity index (χ0v) is 10.7. The van der Waals surface area contributed by atoms with E-state index in [0.29, 0.717) is 5.02 Å². The van der Waals surface area contributed by atoms with Gasteiger partial charge in [0.05, 0.1) is 4.92 Å². The number of hydrogen-bond donors (Lipinski definition) is 1. The standard InChI is InChI=1S/C13H8ClNO5/c14-8-3-1-4-9(7-8)20-12-10(13(16)17)5-2-6-11(12)15(18)19/h1-7H,(H,16,17). The van der Waals surface area contributed by atoms with Gasteiger partial charge in [-0.15, -0.1) is 0 Å². The van der Waals surface area contributed by atoms with Crippen LogP contribution in [0.15, 0.2) is 42.5 Å². The molecule has 6 nitrogen and oxygen atoms in total. The van der Waals surface area contributed by atoms with Gasteiger partial charge < -0.3 is 9.84 Å². The van der Waals surface area contributed by atoms with E-state index in [4.69, 9.17) is 21.4 Å². The van der Waals surface area contributed by atoms with Gasteiger partial charge in [-0.1, -0.05) is 23.7 Å². The van der Waals surface area contributed by atoms with E-state index in [1.807, 2.05) is 0 Å². The Balaban J connectivity index is 2.53. The summed E-state index contributed by atoms with van der Waals surface area (Å²) in [6.07, 6.45) is 0. The zero-order valence-electron chi connectivity index (χ0n) is 9.95. The molecule has 2 aromatic carbocycles. The van der Waals surface area contributed by atoms with Crippen LogP contribution >= 0.6 is 11.6 Å². The normalized spacial score (nSPS) is 10.1. The number of nitrogens with zero attached hydrogens (tertiary/aromatic N) is 1. The molecule has 0 fully saturated rings. The fourth-order valence-corrected chi connectivity index (χ4v) is 1.77. The van der Waals surface area contributed by atoms with Crippen LogP contribution < -0.4 is 4.74 Å². The average Bonchev–Trinajstić information content (AvgIpc) is 2.38. The number of rotatable bonds is 4. The summed E-state index contributed by atoms with van der Waals surface area (Å²) in [5, 5.41) is 20.4. The van der Waals surface area contributed by atoms with Crippen molar-refractivity contribution >= 4 is 23.3 Å². The van der Waals surface area contributed by atoms with Crippen molar-refractivity contribution in [3.63, 3.8) is 0 Å². The first-order valence-corrected chi connectivity index (χ1v) is 5.81. The molecule has 0 unspecified atom stereocenters. The second kappa shape index (κ2) is 5.58. The summed E-state index contributed by atoms with van der Waals surface area (Å²) < 4.78 is 5.34. The highest BCUT2D eigenvalue weighted by atomic mass is 35.5. The van der Waals surface area contributed by atoms with E-state index < -0.39 is 16.6 Å². The molecule has 0 radical (unpaired) electrons. The van der Waals surface area contributed by atoms with E-state index in [0.717, 1.165) is 0 Å². The van der Waals surface area contributed by atoms with Crippen molar-refractivity contribution in [2.24, 2.45) is 0 Å². The van der Waals surface area contributed by atoms with Gasteiger partial charge in [0.25, 0.3) is 0 Å². The molecule has 20 heavy (non-hydrogen) atoms. The van der Waals surface area contributed by atoms with Crippen molar-refractivity contribution in [2.45, 2.75) is 0 Å². The van der Waals surface area contributed by atoms with E-state index in [9.17, 15) is 14.9 Å². The Hall–Kier alpha value is -2.60.